The molecule has 2 rings (SSSR count). The fourth-order valence-electron chi connectivity index (χ4n) is 4.08. The second-order valence-corrected chi connectivity index (χ2v) is 10.0. The van der Waals surface area contributed by atoms with Crippen LogP contribution in [0.5, 0.6) is 5.75 Å². The standard InChI is InChI=1S/C28H40O3/c1-7-8-11-18-31-25-20-24-23(27(3,4)16-17-28(24,5)6)19-22(25)13-10-9-12-21(2)14-15-26(29)30/h9-10,12-14,19-20H,7-8,11,15-18H2,1-6H3,(H,29,30)/b12-9+,13-10+,21-14-. The van der Waals surface area contributed by atoms with Crippen LogP contribution in [0.4, 0.5) is 0 Å². The van der Waals surface area contributed by atoms with Crippen LogP contribution in [0, 0.1) is 0 Å². The van der Waals surface area contributed by atoms with E-state index in [0.29, 0.717) is 0 Å². The number of benzene rings is 1. The predicted molar refractivity (Wildman–Crippen MR) is 131 cm³/mol. The van der Waals surface area contributed by atoms with Crippen LogP contribution in [0.25, 0.3) is 6.08 Å². The van der Waals surface area contributed by atoms with E-state index in [4.69, 9.17) is 9.84 Å². The molecule has 0 radical (unpaired) electrons. The third-order valence-electron chi connectivity index (χ3n) is 6.33. The second-order valence-electron chi connectivity index (χ2n) is 10.0. The van der Waals surface area contributed by atoms with Crippen LogP contribution in [0.2, 0.25) is 0 Å². The third kappa shape index (κ3) is 7.12. The summed E-state index contributed by atoms with van der Waals surface area (Å²) < 4.78 is 6.26. The topological polar surface area (TPSA) is 46.5 Å². The minimum atomic E-state index is -0.812. The van der Waals surface area contributed by atoms with Gasteiger partial charge in [-0.3, -0.25) is 4.79 Å². The van der Waals surface area contributed by atoms with Gasteiger partial charge in [-0.1, -0.05) is 83.4 Å². The number of aliphatic carboxylic acids is 1. The summed E-state index contributed by atoms with van der Waals surface area (Å²) in [4.78, 5) is 10.7. The van der Waals surface area contributed by atoms with Gasteiger partial charge in [0.05, 0.1) is 13.0 Å². The molecular formula is C28H40O3. The Morgan fingerprint density at radius 1 is 1.06 bits per heavy atom. The van der Waals surface area contributed by atoms with Crippen molar-refractivity contribution in [3.05, 3.63) is 58.7 Å². The van der Waals surface area contributed by atoms with E-state index in [1.807, 2.05) is 25.2 Å². The quantitative estimate of drug-likeness (QED) is 0.311. The SMILES string of the molecule is CCCCCOc1cc2c(cc1/C=C/C=C/C(C)=C\CC(=O)O)C(C)(C)CCC2(C)C. The lowest BCUT2D eigenvalue weighted by atomic mass is 9.63. The van der Waals surface area contributed by atoms with Gasteiger partial charge in [-0.2, -0.15) is 0 Å². The Morgan fingerprint density at radius 2 is 1.71 bits per heavy atom. The highest BCUT2D eigenvalue weighted by Gasteiger charge is 2.37. The molecule has 0 saturated carbocycles. The molecule has 3 nitrogen and oxygen atoms in total. The number of carbonyl (C=O) groups is 1. The van der Waals surface area contributed by atoms with E-state index in [1.165, 1.54) is 36.8 Å². The predicted octanol–water partition coefficient (Wildman–Crippen LogP) is 7.60. The minimum Gasteiger partial charge on any atom is -0.493 e. The number of ether oxygens (including phenoxy) is 1. The molecule has 0 saturated heterocycles. The van der Waals surface area contributed by atoms with Crippen molar-refractivity contribution >= 4 is 12.0 Å². The van der Waals surface area contributed by atoms with Crippen molar-refractivity contribution in [2.24, 2.45) is 0 Å². The Morgan fingerprint density at radius 3 is 2.32 bits per heavy atom. The number of carboxylic acids is 1. The van der Waals surface area contributed by atoms with Gasteiger partial charge in [0.15, 0.2) is 0 Å². The lowest BCUT2D eigenvalue weighted by Crippen LogP contribution is -2.34. The molecule has 0 bridgehead atoms. The molecule has 0 heterocycles. The maximum atomic E-state index is 10.7. The highest BCUT2D eigenvalue weighted by Crippen LogP contribution is 2.47. The van der Waals surface area contributed by atoms with Gasteiger partial charge in [-0.15, -0.1) is 0 Å². The first-order chi connectivity index (χ1) is 14.6. The maximum Gasteiger partial charge on any atom is 0.307 e. The summed E-state index contributed by atoms with van der Waals surface area (Å²) in [6.07, 6.45) is 15.6. The fourth-order valence-corrected chi connectivity index (χ4v) is 4.08. The molecule has 170 valence electrons. The Kier molecular flexibility index (Phi) is 8.73. The first-order valence-electron chi connectivity index (χ1n) is 11.6. The lowest BCUT2D eigenvalue weighted by molar-refractivity contribution is -0.136. The summed E-state index contributed by atoms with van der Waals surface area (Å²) in [6, 6.07) is 4.60. The second kappa shape index (κ2) is 10.8. The Bertz CT molecular complexity index is 853. The van der Waals surface area contributed by atoms with Crippen LogP contribution in [0.15, 0.2) is 42.0 Å². The van der Waals surface area contributed by atoms with Crippen molar-refractivity contribution in [3.63, 3.8) is 0 Å². The van der Waals surface area contributed by atoms with Crippen LogP contribution in [-0.4, -0.2) is 17.7 Å². The van der Waals surface area contributed by atoms with E-state index in [1.54, 1.807) is 6.08 Å². The Labute approximate surface area is 188 Å². The van der Waals surface area contributed by atoms with E-state index in [2.05, 4.69) is 52.8 Å². The molecule has 0 fully saturated rings. The summed E-state index contributed by atoms with van der Waals surface area (Å²) in [5, 5.41) is 8.80. The van der Waals surface area contributed by atoms with Gasteiger partial charge in [0.2, 0.25) is 0 Å². The van der Waals surface area contributed by atoms with Gasteiger partial charge < -0.3 is 9.84 Å². The van der Waals surface area contributed by atoms with Crippen LogP contribution in [0.3, 0.4) is 0 Å². The van der Waals surface area contributed by atoms with Crippen LogP contribution in [-0.2, 0) is 15.6 Å². The summed E-state index contributed by atoms with van der Waals surface area (Å²) in [6.45, 7) is 14.2. The van der Waals surface area contributed by atoms with Crippen LogP contribution in [0.1, 0.15) is 96.8 Å². The third-order valence-corrected chi connectivity index (χ3v) is 6.33. The molecule has 0 amide bonds. The normalized spacial score (nSPS) is 17.8. The number of hydrogen-bond acceptors (Lipinski definition) is 2. The Hall–Kier alpha value is -2.29. The smallest absolute Gasteiger partial charge is 0.307 e. The van der Waals surface area contributed by atoms with Crippen molar-refractivity contribution in [2.75, 3.05) is 6.61 Å². The van der Waals surface area contributed by atoms with Crippen LogP contribution < -0.4 is 4.74 Å². The molecule has 0 aliphatic heterocycles. The molecule has 0 aromatic heterocycles. The summed E-state index contributed by atoms with van der Waals surface area (Å²) in [5.41, 5.74) is 5.19. The molecule has 31 heavy (non-hydrogen) atoms. The van der Waals surface area contributed by atoms with E-state index in [9.17, 15) is 4.79 Å². The molecule has 1 N–H and O–H groups in total. The zero-order chi connectivity index (χ0) is 23.1. The zero-order valence-electron chi connectivity index (χ0n) is 20.3. The summed E-state index contributed by atoms with van der Waals surface area (Å²) >= 11 is 0. The van der Waals surface area contributed by atoms with E-state index < -0.39 is 5.97 Å². The maximum absolute atomic E-state index is 10.7. The van der Waals surface area contributed by atoms with Gasteiger partial charge >= 0.3 is 5.97 Å². The average Bonchev–Trinajstić information content (AvgIpc) is 2.70. The van der Waals surface area contributed by atoms with Gasteiger partial charge in [0.25, 0.3) is 0 Å². The molecule has 1 aliphatic carbocycles. The first kappa shape index (κ1) is 25.0. The first-order valence-corrected chi connectivity index (χ1v) is 11.6. The minimum absolute atomic E-state index is 0.0470. The number of unbranched alkanes of at least 4 members (excludes halogenated alkanes) is 2. The molecule has 1 aromatic rings. The number of carboxylic acid groups (broad SMARTS) is 1. The monoisotopic (exact) mass is 424 g/mol. The van der Waals surface area contributed by atoms with E-state index >= 15 is 0 Å². The zero-order valence-corrected chi connectivity index (χ0v) is 20.3. The molecule has 1 aliphatic rings. The van der Waals surface area contributed by atoms with Gasteiger partial charge in [-0.05, 0) is 60.3 Å². The van der Waals surface area contributed by atoms with Crippen molar-refractivity contribution in [3.8, 4) is 5.75 Å². The molecule has 1 aromatic carbocycles. The number of rotatable bonds is 10. The van der Waals surface area contributed by atoms with E-state index in [0.717, 1.165) is 29.9 Å². The average molecular weight is 425 g/mol. The van der Waals surface area contributed by atoms with Crippen molar-refractivity contribution < 1.29 is 14.6 Å². The number of fused-ring (bicyclic) bond motifs is 1. The molecular weight excluding hydrogens is 384 g/mol. The lowest BCUT2D eigenvalue weighted by Gasteiger charge is -2.42. The van der Waals surface area contributed by atoms with Gasteiger partial charge in [-0.25, -0.2) is 0 Å². The van der Waals surface area contributed by atoms with Crippen molar-refractivity contribution in [1.29, 1.82) is 0 Å². The fraction of sp³-hybridized carbons (Fsp3) is 0.536. The van der Waals surface area contributed by atoms with Crippen LogP contribution >= 0.6 is 0 Å². The molecule has 0 atom stereocenters. The molecule has 3 heteroatoms. The van der Waals surface area contributed by atoms with E-state index in [-0.39, 0.29) is 17.3 Å². The summed E-state index contributed by atoms with van der Waals surface area (Å²) in [7, 11) is 0. The van der Waals surface area contributed by atoms with Crippen molar-refractivity contribution in [2.45, 2.75) is 90.9 Å². The highest BCUT2D eigenvalue weighted by atomic mass is 16.5. The number of hydrogen-bond donors (Lipinski definition) is 1. The molecule has 0 spiro atoms. The van der Waals surface area contributed by atoms with Gasteiger partial charge in [0, 0.05) is 5.56 Å². The Balaban J connectivity index is 2.35. The van der Waals surface area contributed by atoms with Crippen molar-refractivity contribution in [1.82, 2.24) is 0 Å². The molecule has 0 unspecified atom stereocenters. The largest absolute Gasteiger partial charge is 0.493 e. The summed E-state index contributed by atoms with van der Waals surface area (Å²) in [5.74, 6) is 0.149. The number of allylic oxidation sites excluding steroid dienone is 4. The highest BCUT2D eigenvalue weighted by molar-refractivity contribution is 5.69. The van der Waals surface area contributed by atoms with Gasteiger partial charge in [0.1, 0.15) is 5.75 Å².